The molecule has 0 bridgehead atoms. The van der Waals surface area contributed by atoms with E-state index in [4.69, 9.17) is 19.7 Å². The highest BCUT2D eigenvalue weighted by atomic mass is 16.7. The van der Waals surface area contributed by atoms with Crippen LogP contribution in [0.3, 0.4) is 0 Å². The molecule has 0 unspecified atom stereocenters. The molecule has 0 saturated heterocycles. The lowest BCUT2D eigenvalue weighted by molar-refractivity contribution is -0.0564. The van der Waals surface area contributed by atoms with Crippen molar-refractivity contribution < 1.29 is 19.7 Å². The molecule has 4 nitrogen and oxygen atoms in total. The highest BCUT2D eigenvalue weighted by Crippen LogP contribution is 1.91. The van der Waals surface area contributed by atoms with Crippen LogP contribution in [0.15, 0.2) is 0 Å². The summed E-state index contributed by atoms with van der Waals surface area (Å²) >= 11 is 0. The summed E-state index contributed by atoms with van der Waals surface area (Å²) in [5, 5.41) is 16.9. The van der Waals surface area contributed by atoms with Gasteiger partial charge in [-0.15, -0.1) is 0 Å². The second kappa shape index (κ2) is 11.8. The summed E-state index contributed by atoms with van der Waals surface area (Å²) in [5.74, 6) is 0. The Morgan fingerprint density at radius 1 is 0.692 bits per heavy atom. The Morgan fingerprint density at radius 3 is 1.54 bits per heavy atom. The van der Waals surface area contributed by atoms with Crippen molar-refractivity contribution in [1.29, 1.82) is 0 Å². The molecule has 13 heavy (non-hydrogen) atoms. The average molecular weight is 192 g/mol. The molecule has 0 aromatic carbocycles. The van der Waals surface area contributed by atoms with Crippen LogP contribution in [0.1, 0.15) is 25.7 Å². The first-order chi connectivity index (χ1) is 6.41. The van der Waals surface area contributed by atoms with Crippen LogP contribution in [0.5, 0.6) is 0 Å². The fourth-order valence-corrected chi connectivity index (χ4v) is 0.809. The molecule has 0 aliphatic rings. The van der Waals surface area contributed by atoms with Gasteiger partial charge in [-0.05, 0) is 25.7 Å². The SMILES string of the molecule is OCCCCOCOCCCCO. The Morgan fingerprint density at radius 2 is 1.15 bits per heavy atom. The molecule has 0 atom stereocenters. The summed E-state index contributed by atoms with van der Waals surface area (Å²) < 4.78 is 10.2. The molecule has 0 fully saturated rings. The monoisotopic (exact) mass is 192 g/mol. The zero-order valence-corrected chi connectivity index (χ0v) is 8.07. The van der Waals surface area contributed by atoms with Crippen molar-refractivity contribution in [3.8, 4) is 0 Å². The summed E-state index contributed by atoms with van der Waals surface area (Å²) in [6.45, 7) is 2.04. The van der Waals surface area contributed by atoms with Crippen molar-refractivity contribution in [2.75, 3.05) is 33.2 Å². The van der Waals surface area contributed by atoms with Crippen molar-refractivity contribution in [2.45, 2.75) is 25.7 Å². The van der Waals surface area contributed by atoms with Crippen molar-refractivity contribution in [3.63, 3.8) is 0 Å². The first-order valence-electron chi connectivity index (χ1n) is 4.79. The van der Waals surface area contributed by atoms with Crippen LogP contribution in [0.4, 0.5) is 0 Å². The Balaban J connectivity index is 2.76. The number of rotatable bonds is 10. The summed E-state index contributed by atoms with van der Waals surface area (Å²) in [7, 11) is 0. The molecular formula is C9H20O4. The van der Waals surface area contributed by atoms with E-state index in [1.807, 2.05) is 0 Å². The average Bonchev–Trinajstić information content (AvgIpc) is 2.16. The zero-order chi connectivity index (χ0) is 9.78. The smallest absolute Gasteiger partial charge is 0.146 e. The minimum Gasteiger partial charge on any atom is -0.396 e. The summed E-state index contributed by atoms with van der Waals surface area (Å²) in [5.41, 5.74) is 0. The van der Waals surface area contributed by atoms with Gasteiger partial charge in [0.2, 0.25) is 0 Å². The van der Waals surface area contributed by atoms with E-state index in [1.165, 1.54) is 0 Å². The quantitative estimate of drug-likeness (QED) is 0.391. The van der Waals surface area contributed by atoms with Gasteiger partial charge in [0.25, 0.3) is 0 Å². The number of unbranched alkanes of at least 4 members (excludes halogenated alkanes) is 2. The van der Waals surface area contributed by atoms with Gasteiger partial charge in [-0.2, -0.15) is 0 Å². The molecule has 0 aliphatic carbocycles. The van der Waals surface area contributed by atoms with Crippen LogP contribution in [0.2, 0.25) is 0 Å². The fraction of sp³-hybridized carbons (Fsp3) is 1.00. The fourth-order valence-electron chi connectivity index (χ4n) is 0.809. The Bertz CT molecular complexity index is 77.7. The third-order valence-electron chi connectivity index (χ3n) is 1.56. The van der Waals surface area contributed by atoms with Gasteiger partial charge in [-0.1, -0.05) is 0 Å². The maximum atomic E-state index is 8.46. The van der Waals surface area contributed by atoms with Crippen molar-refractivity contribution in [2.24, 2.45) is 0 Å². The molecule has 0 amide bonds. The number of aliphatic hydroxyl groups is 2. The van der Waals surface area contributed by atoms with Crippen LogP contribution in [0.25, 0.3) is 0 Å². The molecule has 0 aromatic heterocycles. The standard InChI is InChI=1S/C9H20O4/c10-5-1-3-7-12-9-13-8-4-2-6-11/h10-11H,1-9H2. The first kappa shape index (κ1) is 12.8. The van der Waals surface area contributed by atoms with E-state index < -0.39 is 0 Å². The zero-order valence-electron chi connectivity index (χ0n) is 8.07. The van der Waals surface area contributed by atoms with E-state index in [0.717, 1.165) is 25.7 Å². The lowest BCUT2D eigenvalue weighted by Crippen LogP contribution is -2.03. The number of hydrogen-bond acceptors (Lipinski definition) is 4. The van der Waals surface area contributed by atoms with E-state index in [2.05, 4.69) is 0 Å². The molecule has 0 aliphatic heterocycles. The molecular weight excluding hydrogens is 172 g/mol. The molecule has 80 valence electrons. The van der Waals surface area contributed by atoms with E-state index in [1.54, 1.807) is 0 Å². The van der Waals surface area contributed by atoms with E-state index >= 15 is 0 Å². The van der Waals surface area contributed by atoms with Crippen LogP contribution >= 0.6 is 0 Å². The second-order valence-corrected chi connectivity index (χ2v) is 2.80. The molecule has 0 rings (SSSR count). The van der Waals surface area contributed by atoms with Gasteiger partial charge >= 0.3 is 0 Å². The van der Waals surface area contributed by atoms with Gasteiger partial charge in [0.1, 0.15) is 6.79 Å². The van der Waals surface area contributed by atoms with Gasteiger partial charge in [-0.25, -0.2) is 0 Å². The van der Waals surface area contributed by atoms with Gasteiger partial charge in [0.15, 0.2) is 0 Å². The Labute approximate surface area is 79.5 Å². The van der Waals surface area contributed by atoms with Gasteiger partial charge in [-0.3, -0.25) is 0 Å². The van der Waals surface area contributed by atoms with E-state index in [-0.39, 0.29) is 13.2 Å². The summed E-state index contributed by atoms with van der Waals surface area (Å²) in [6.07, 6.45) is 3.31. The summed E-state index contributed by atoms with van der Waals surface area (Å²) in [4.78, 5) is 0. The second-order valence-electron chi connectivity index (χ2n) is 2.80. The molecule has 0 radical (unpaired) electrons. The third-order valence-corrected chi connectivity index (χ3v) is 1.56. The predicted octanol–water partition coefficient (Wildman–Crippen LogP) is 0.522. The largest absolute Gasteiger partial charge is 0.396 e. The highest BCUT2D eigenvalue weighted by molar-refractivity contribution is 4.35. The highest BCUT2D eigenvalue weighted by Gasteiger charge is 1.90. The number of hydrogen-bond donors (Lipinski definition) is 2. The molecule has 2 N–H and O–H groups in total. The van der Waals surface area contributed by atoms with Gasteiger partial charge in [0.05, 0.1) is 0 Å². The van der Waals surface area contributed by atoms with Crippen LogP contribution in [-0.2, 0) is 9.47 Å². The third kappa shape index (κ3) is 11.8. The van der Waals surface area contributed by atoms with Crippen molar-refractivity contribution in [3.05, 3.63) is 0 Å². The predicted molar refractivity (Wildman–Crippen MR) is 49.4 cm³/mol. The van der Waals surface area contributed by atoms with Crippen LogP contribution in [0, 0.1) is 0 Å². The maximum Gasteiger partial charge on any atom is 0.146 e. The minimum atomic E-state index is 0.223. The normalized spacial score (nSPS) is 10.6. The Kier molecular flexibility index (Phi) is 11.7. The molecule has 0 heterocycles. The van der Waals surface area contributed by atoms with Gasteiger partial charge in [0, 0.05) is 26.4 Å². The Hall–Kier alpha value is -0.160. The van der Waals surface area contributed by atoms with Crippen LogP contribution in [-0.4, -0.2) is 43.4 Å². The molecule has 4 heteroatoms. The van der Waals surface area contributed by atoms with Crippen molar-refractivity contribution >= 4 is 0 Å². The lowest BCUT2D eigenvalue weighted by Gasteiger charge is -2.04. The van der Waals surface area contributed by atoms with E-state index in [0.29, 0.717) is 20.0 Å². The maximum absolute atomic E-state index is 8.46. The minimum absolute atomic E-state index is 0.223. The summed E-state index contributed by atoms with van der Waals surface area (Å²) in [6, 6.07) is 0. The molecule has 0 spiro atoms. The van der Waals surface area contributed by atoms with Crippen LogP contribution < -0.4 is 0 Å². The number of aliphatic hydroxyl groups excluding tert-OH is 2. The number of ether oxygens (including phenoxy) is 2. The molecule has 0 saturated carbocycles. The first-order valence-corrected chi connectivity index (χ1v) is 4.79. The lowest BCUT2D eigenvalue weighted by atomic mass is 10.3. The topological polar surface area (TPSA) is 58.9 Å². The van der Waals surface area contributed by atoms with E-state index in [9.17, 15) is 0 Å². The van der Waals surface area contributed by atoms with Crippen molar-refractivity contribution in [1.82, 2.24) is 0 Å². The molecule has 0 aromatic rings. The van der Waals surface area contributed by atoms with Gasteiger partial charge < -0.3 is 19.7 Å².